The third-order valence-electron chi connectivity index (χ3n) is 1.79. The van der Waals surface area contributed by atoms with Crippen LogP contribution >= 0.6 is 0 Å². The van der Waals surface area contributed by atoms with E-state index in [-0.39, 0.29) is 5.57 Å². The van der Waals surface area contributed by atoms with Crippen LogP contribution in [0.25, 0.3) is 5.57 Å². The number of benzene rings is 1. The van der Waals surface area contributed by atoms with Gasteiger partial charge in [-0.2, -0.15) is 5.26 Å². The number of hydrogen-bond donors (Lipinski definition) is 1. The Morgan fingerprint density at radius 1 is 1.47 bits per heavy atom. The van der Waals surface area contributed by atoms with Gasteiger partial charge in [-0.15, -0.1) is 0 Å². The number of nitriles is 1. The Labute approximate surface area is 87.0 Å². The molecule has 4 heteroatoms. The van der Waals surface area contributed by atoms with Crippen LogP contribution in [0.5, 0.6) is 5.75 Å². The summed E-state index contributed by atoms with van der Waals surface area (Å²) in [5, 5.41) is 17.3. The lowest BCUT2D eigenvalue weighted by molar-refractivity contribution is -0.131. The minimum Gasteiger partial charge on any atom is -0.497 e. The fraction of sp³-hybridized carbons (Fsp3) is 0.0909. The highest BCUT2D eigenvalue weighted by molar-refractivity contribution is 5.94. The SMILES string of the molecule is COc1ccc(C(C#N)=CC(=O)O)cc1. The van der Waals surface area contributed by atoms with Gasteiger partial charge in [0.05, 0.1) is 12.7 Å². The number of carboxylic acid groups (broad SMARTS) is 1. The average Bonchev–Trinajstić information content (AvgIpc) is 2.26. The van der Waals surface area contributed by atoms with E-state index in [0.717, 1.165) is 6.08 Å². The first-order valence-corrected chi connectivity index (χ1v) is 4.16. The van der Waals surface area contributed by atoms with E-state index in [4.69, 9.17) is 15.1 Å². The van der Waals surface area contributed by atoms with E-state index in [9.17, 15) is 4.79 Å². The molecule has 0 bridgehead atoms. The summed E-state index contributed by atoms with van der Waals surface area (Å²) < 4.78 is 4.94. The molecule has 1 aromatic carbocycles. The zero-order valence-electron chi connectivity index (χ0n) is 8.10. The van der Waals surface area contributed by atoms with Crippen LogP contribution in [-0.4, -0.2) is 18.2 Å². The molecule has 0 spiro atoms. The van der Waals surface area contributed by atoms with Crippen molar-refractivity contribution in [3.63, 3.8) is 0 Å². The lowest BCUT2D eigenvalue weighted by atomic mass is 10.1. The highest BCUT2D eigenvalue weighted by Crippen LogP contribution is 2.17. The molecule has 0 atom stereocenters. The van der Waals surface area contributed by atoms with Crippen molar-refractivity contribution in [1.82, 2.24) is 0 Å². The summed E-state index contributed by atoms with van der Waals surface area (Å²) in [7, 11) is 1.54. The van der Waals surface area contributed by atoms with Crippen LogP contribution in [0.15, 0.2) is 30.3 Å². The first-order chi connectivity index (χ1) is 7.17. The number of carboxylic acids is 1. The summed E-state index contributed by atoms with van der Waals surface area (Å²) in [5.41, 5.74) is 0.672. The first-order valence-electron chi connectivity index (χ1n) is 4.16. The van der Waals surface area contributed by atoms with Crippen molar-refractivity contribution < 1.29 is 14.6 Å². The molecule has 0 heterocycles. The Morgan fingerprint density at radius 2 is 2.07 bits per heavy atom. The third kappa shape index (κ3) is 2.85. The summed E-state index contributed by atoms with van der Waals surface area (Å²) in [6, 6.07) is 8.44. The maximum Gasteiger partial charge on any atom is 0.329 e. The molecular formula is C11H9NO3. The fourth-order valence-corrected chi connectivity index (χ4v) is 1.07. The zero-order chi connectivity index (χ0) is 11.3. The second kappa shape index (κ2) is 4.82. The number of methoxy groups -OCH3 is 1. The van der Waals surface area contributed by atoms with Crippen LogP contribution in [0.1, 0.15) is 5.56 Å². The van der Waals surface area contributed by atoms with Gasteiger partial charge in [-0.1, -0.05) is 0 Å². The number of allylic oxidation sites excluding steroid dienone is 1. The zero-order valence-corrected chi connectivity index (χ0v) is 8.10. The van der Waals surface area contributed by atoms with Crippen molar-refractivity contribution in [1.29, 1.82) is 5.26 Å². The van der Waals surface area contributed by atoms with Crippen molar-refractivity contribution in [2.45, 2.75) is 0 Å². The molecule has 0 aromatic heterocycles. The van der Waals surface area contributed by atoms with Gasteiger partial charge < -0.3 is 9.84 Å². The predicted octanol–water partition coefficient (Wildman–Crippen LogP) is 1.69. The van der Waals surface area contributed by atoms with Crippen molar-refractivity contribution in [2.75, 3.05) is 7.11 Å². The van der Waals surface area contributed by atoms with Crippen molar-refractivity contribution in [3.8, 4) is 11.8 Å². The van der Waals surface area contributed by atoms with Crippen LogP contribution < -0.4 is 4.74 Å². The lowest BCUT2D eigenvalue weighted by Crippen LogP contribution is -1.91. The Hall–Kier alpha value is -2.28. The highest BCUT2D eigenvalue weighted by atomic mass is 16.5. The molecule has 0 saturated carbocycles. The minimum absolute atomic E-state index is 0.116. The Kier molecular flexibility index (Phi) is 3.47. The largest absolute Gasteiger partial charge is 0.497 e. The highest BCUT2D eigenvalue weighted by Gasteiger charge is 2.03. The molecule has 0 amide bonds. The molecule has 0 saturated heterocycles. The second-order valence-electron chi connectivity index (χ2n) is 2.74. The number of hydrogen-bond acceptors (Lipinski definition) is 3. The third-order valence-corrected chi connectivity index (χ3v) is 1.79. The number of nitrogens with zero attached hydrogens (tertiary/aromatic N) is 1. The summed E-state index contributed by atoms with van der Waals surface area (Å²) in [4.78, 5) is 10.4. The van der Waals surface area contributed by atoms with E-state index >= 15 is 0 Å². The minimum atomic E-state index is -1.14. The Balaban J connectivity index is 3.05. The Morgan fingerprint density at radius 3 is 2.47 bits per heavy atom. The standard InChI is InChI=1S/C11H9NO3/c1-15-10-4-2-8(3-5-10)9(7-12)6-11(13)14/h2-6H,1H3,(H,13,14). The van der Waals surface area contributed by atoms with Crippen LogP contribution in [-0.2, 0) is 4.79 Å². The van der Waals surface area contributed by atoms with E-state index < -0.39 is 5.97 Å². The van der Waals surface area contributed by atoms with Gasteiger partial charge in [0.15, 0.2) is 0 Å². The molecule has 0 unspecified atom stereocenters. The summed E-state index contributed by atoms with van der Waals surface area (Å²) in [5.74, 6) is -0.478. The van der Waals surface area contributed by atoms with Gasteiger partial charge in [0, 0.05) is 6.08 Å². The number of ether oxygens (including phenoxy) is 1. The van der Waals surface area contributed by atoms with Gasteiger partial charge in [-0.3, -0.25) is 0 Å². The molecule has 4 nitrogen and oxygen atoms in total. The molecule has 15 heavy (non-hydrogen) atoms. The number of carbonyl (C=O) groups is 1. The van der Waals surface area contributed by atoms with Gasteiger partial charge in [0.25, 0.3) is 0 Å². The Bertz CT molecular complexity index is 426. The van der Waals surface area contributed by atoms with Gasteiger partial charge in [-0.25, -0.2) is 4.79 Å². The van der Waals surface area contributed by atoms with E-state index in [1.165, 1.54) is 7.11 Å². The number of rotatable bonds is 3. The normalized spacial score (nSPS) is 10.5. The van der Waals surface area contributed by atoms with Crippen LogP contribution in [0.3, 0.4) is 0 Å². The number of aliphatic carboxylic acids is 1. The van der Waals surface area contributed by atoms with Gasteiger partial charge in [0.2, 0.25) is 0 Å². The summed E-state index contributed by atoms with van der Waals surface area (Å²) in [6.45, 7) is 0. The molecule has 1 N–H and O–H groups in total. The molecule has 76 valence electrons. The quantitative estimate of drug-likeness (QED) is 0.599. The smallest absolute Gasteiger partial charge is 0.329 e. The second-order valence-corrected chi connectivity index (χ2v) is 2.74. The lowest BCUT2D eigenvalue weighted by Gasteiger charge is -2.01. The topological polar surface area (TPSA) is 70.3 Å². The maximum absolute atomic E-state index is 10.4. The molecule has 0 radical (unpaired) electrons. The van der Waals surface area contributed by atoms with Crippen LogP contribution in [0, 0.1) is 11.3 Å². The molecular weight excluding hydrogens is 194 g/mol. The predicted molar refractivity (Wildman–Crippen MR) is 54.2 cm³/mol. The van der Waals surface area contributed by atoms with Crippen molar-refractivity contribution in [2.24, 2.45) is 0 Å². The molecule has 1 aromatic rings. The first kappa shape index (κ1) is 10.8. The summed E-state index contributed by atoms with van der Waals surface area (Å²) >= 11 is 0. The van der Waals surface area contributed by atoms with Gasteiger partial charge in [-0.05, 0) is 29.8 Å². The van der Waals surface area contributed by atoms with Crippen molar-refractivity contribution in [3.05, 3.63) is 35.9 Å². The molecule has 1 rings (SSSR count). The summed E-state index contributed by atoms with van der Waals surface area (Å²) in [6.07, 6.45) is 0.877. The van der Waals surface area contributed by atoms with E-state index in [1.807, 2.05) is 6.07 Å². The van der Waals surface area contributed by atoms with Crippen molar-refractivity contribution >= 4 is 11.5 Å². The van der Waals surface area contributed by atoms with E-state index in [2.05, 4.69) is 0 Å². The molecule has 0 aliphatic heterocycles. The van der Waals surface area contributed by atoms with Gasteiger partial charge in [0.1, 0.15) is 11.8 Å². The van der Waals surface area contributed by atoms with E-state index in [0.29, 0.717) is 11.3 Å². The average molecular weight is 203 g/mol. The fourth-order valence-electron chi connectivity index (χ4n) is 1.07. The molecule has 0 aliphatic carbocycles. The molecule has 0 fully saturated rings. The monoisotopic (exact) mass is 203 g/mol. The van der Waals surface area contributed by atoms with Crippen LogP contribution in [0.4, 0.5) is 0 Å². The van der Waals surface area contributed by atoms with Crippen LogP contribution in [0.2, 0.25) is 0 Å². The molecule has 0 aliphatic rings. The maximum atomic E-state index is 10.4. The van der Waals surface area contributed by atoms with E-state index in [1.54, 1.807) is 24.3 Å². The van der Waals surface area contributed by atoms with Gasteiger partial charge >= 0.3 is 5.97 Å².